The second-order valence-electron chi connectivity index (χ2n) is 5.62. The van der Waals surface area contributed by atoms with E-state index in [0.717, 1.165) is 22.2 Å². The first kappa shape index (κ1) is 17.0. The van der Waals surface area contributed by atoms with Crippen LogP contribution < -0.4 is 0 Å². The number of hydrogen-bond donors (Lipinski definition) is 0. The zero-order valence-corrected chi connectivity index (χ0v) is 15.0. The second kappa shape index (κ2) is 6.98. The van der Waals surface area contributed by atoms with Gasteiger partial charge in [0, 0.05) is 40.4 Å². The van der Waals surface area contributed by atoms with Gasteiger partial charge in [0.2, 0.25) is 5.78 Å². The summed E-state index contributed by atoms with van der Waals surface area (Å²) < 4.78 is 7.05. The zero-order valence-electron chi connectivity index (χ0n) is 14.1. The number of ether oxygens (including phenoxy) is 1. The highest BCUT2D eigenvalue weighted by Gasteiger charge is 2.19. The summed E-state index contributed by atoms with van der Waals surface area (Å²) in [7, 11) is 0. The molecule has 0 aliphatic carbocycles. The molecule has 0 spiro atoms. The Hall–Kier alpha value is -2.80. The Kier molecular flexibility index (Phi) is 4.76. The molecule has 6 nitrogen and oxygen atoms in total. The van der Waals surface area contributed by atoms with Gasteiger partial charge in [0.25, 0.3) is 0 Å². The molecular formula is C18H17N3O3S. The van der Waals surface area contributed by atoms with E-state index in [0.29, 0.717) is 11.1 Å². The van der Waals surface area contributed by atoms with E-state index in [1.54, 1.807) is 24.4 Å². The Balaban J connectivity index is 1.73. The van der Waals surface area contributed by atoms with Crippen molar-refractivity contribution in [3.05, 3.63) is 64.2 Å². The summed E-state index contributed by atoms with van der Waals surface area (Å²) in [6.07, 6.45) is 3.16. The third-order valence-electron chi connectivity index (χ3n) is 3.82. The number of pyridine rings is 1. The molecule has 128 valence electrons. The molecule has 0 fully saturated rings. The molecule has 0 amide bonds. The molecule has 0 N–H and O–H groups in total. The third kappa shape index (κ3) is 3.51. The molecule has 0 aliphatic rings. The Labute approximate surface area is 149 Å². The Bertz CT molecular complexity index is 912. The monoisotopic (exact) mass is 355 g/mol. The average Bonchev–Trinajstić information content (AvgIpc) is 3.21. The number of aromatic nitrogens is 3. The molecule has 0 aliphatic heterocycles. The van der Waals surface area contributed by atoms with Crippen molar-refractivity contribution in [1.29, 1.82) is 0 Å². The van der Waals surface area contributed by atoms with E-state index in [2.05, 4.69) is 9.97 Å². The molecule has 3 heterocycles. The van der Waals surface area contributed by atoms with Gasteiger partial charge in [-0.2, -0.15) is 0 Å². The summed E-state index contributed by atoms with van der Waals surface area (Å²) in [5, 5.41) is 2.68. The third-order valence-corrected chi connectivity index (χ3v) is 4.58. The largest absolute Gasteiger partial charge is 0.454 e. The fraction of sp³-hybridized carbons (Fsp3) is 0.222. The minimum Gasteiger partial charge on any atom is -0.454 e. The summed E-state index contributed by atoms with van der Waals surface area (Å²) >= 11 is 1.49. The van der Waals surface area contributed by atoms with Gasteiger partial charge >= 0.3 is 5.97 Å². The van der Waals surface area contributed by atoms with Crippen molar-refractivity contribution in [3.8, 4) is 5.13 Å². The lowest BCUT2D eigenvalue weighted by Crippen LogP contribution is -2.15. The topological polar surface area (TPSA) is 74.1 Å². The minimum atomic E-state index is -0.561. The zero-order chi connectivity index (χ0) is 18.0. The lowest BCUT2D eigenvalue weighted by molar-refractivity contribution is 0.0474. The predicted octanol–water partition coefficient (Wildman–Crippen LogP) is 3.29. The van der Waals surface area contributed by atoms with Crippen LogP contribution in [-0.4, -0.2) is 32.9 Å². The first-order valence-corrected chi connectivity index (χ1v) is 8.57. The number of esters is 1. The molecule has 0 saturated carbocycles. The number of carbonyl (C=O) groups excluding carboxylic acids is 2. The lowest BCUT2D eigenvalue weighted by Gasteiger charge is -2.06. The molecule has 0 aromatic carbocycles. The van der Waals surface area contributed by atoms with Crippen LogP contribution in [0.4, 0.5) is 0 Å². The van der Waals surface area contributed by atoms with E-state index in [9.17, 15) is 9.59 Å². The van der Waals surface area contributed by atoms with Crippen molar-refractivity contribution in [3.63, 3.8) is 0 Å². The van der Waals surface area contributed by atoms with Crippen LogP contribution in [0.2, 0.25) is 0 Å². The SMILES string of the molecule is Cc1ccc(C(=O)OCC(=O)c2cc(C)n(-c3nccs3)c2C)cn1. The normalized spacial score (nSPS) is 10.7. The summed E-state index contributed by atoms with van der Waals surface area (Å²) in [5.41, 5.74) is 3.35. The predicted molar refractivity (Wildman–Crippen MR) is 94.5 cm³/mol. The van der Waals surface area contributed by atoms with E-state index in [1.165, 1.54) is 17.5 Å². The number of aryl methyl sites for hydroxylation is 2. The minimum absolute atomic E-state index is 0.246. The first-order valence-electron chi connectivity index (χ1n) is 7.69. The summed E-state index contributed by atoms with van der Waals surface area (Å²) in [4.78, 5) is 32.8. The van der Waals surface area contributed by atoms with Gasteiger partial charge in [-0.25, -0.2) is 9.78 Å². The van der Waals surface area contributed by atoms with Gasteiger partial charge in [-0.15, -0.1) is 11.3 Å². The van der Waals surface area contributed by atoms with Crippen molar-refractivity contribution >= 4 is 23.1 Å². The van der Waals surface area contributed by atoms with Gasteiger partial charge in [-0.1, -0.05) is 0 Å². The molecule has 7 heteroatoms. The summed E-state index contributed by atoms with van der Waals surface area (Å²) in [6.45, 7) is 5.29. The van der Waals surface area contributed by atoms with Gasteiger partial charge in [-0.05, 0) is 39.0 Å². The van der Waals surface area contributed by atoms with Crippen molar-refractivity contribution in [2.24, 2.45) is 0 Å². The highest BCUT2D eigenvalue weighted by molar-refractivity contribution is 7.12. The standard InChI is InChI=1S/C18H17N3O3S/c1-11-4-5-14(9-20-11)17(23)24-10-16(22)15-8-12(2)21(13(15)3)18-19-6-7-25-18/h4-9H,10H2,1-3H3. The van der Waals surface area contributed by atoms with Crippen LogP contribution >= 0.6 is 11.3 Å². The molecule has 0 bridgehead atoms. The number of carbonyl (C=O) groups is 2. The van der Waals surface area contributed by atoms with Gasteiger partial charge in [-0.3, -0.25) is 14.3 Å². The van der Waals surface area contributed by atoms with Crippen molar-refractivity contribution in [1.82, 2.24) is 14.5 Å². The van der Waals surface area contributed by atoms with Crippen LogP contribution in [-0.2, 0) is 4.74 Å². The smallest absolute Gasteiger partial charge is 0.340 e. The maximum Gasteiger partial charge on any atom is 0.340 e. The highest BCUT2D eigenvalue weighted by Crippen LogP contribution is 2.22. The molecule has 25 heavy (non-hydrogen) atoms. The summed E-state index contributed by atoms with van der Waals surface area (Å²) in [5.74, 6) is -0.807. The van der Waals surface area contributed by atoms with Crippen LogP contribution in [0.3, 0.4) is 0 Å². The van der Waals surface area contributed by atoms with Crippen LogP contribution in [0.5, 0.6) is 0 Å². The second-order valence-corrected chi connectivity index (χ2v) is 6.50. The number of rotatable bonds is 5. The van der Waals surface area contributed by atoms with Crippen LogP contribution in [0.15, 0.2) is 36.0 Å². The average molecular weight is 355 g/mol. The molecular weight excluding hydrogens is 338 g/mol. The van der Waals surface area contributed by atoms with Crippen molar-refractivity contribution in [2.75, 3.05) is 6.61 Å². The van der Waals surface area contributed by atoms with Gasteiger partial charge in [0.1, 0.15) is 0 Å². The van der Waals surface area contributed by atoms with Gasteiger partial charge in [0.05, 0.1) is 5.56 Å². The first-order chi connectivity index (χ1) is 12.0. The van der Waals surface area contributed by atoms with Crippen LogP contribution in [0.25, 0.3) is 5.13 Å². The fourth-order valence-electron chi connectivity index (χ4n) is 2.55. The number of thiazole rings is 1. The number of nitrogens with zero attached hydrogens (tertiary/aromatic N) is 3. The van der Waals surface area contributed by atoms with Crippen molar-refractivity contribution in [2.45, 2.75) is 20.8 Å². The lowest BCUT2D eigenvalue weighted by atomic mass is 10.1. The van der Waals surface area contributed by atoms with E-state index >= 15 is 0 Å². The maximum absolute atomic E-state index is 12.5. The molecule has 3 aromatic rings. The number of ketones is 1. The molecule has 0 saturated heterocycles. The Morgan fingerprint density at radius 1 is 1.20 bits per heavy atom. The molecule has 3 aromatic heterocycles. The molecule has 0 atom stereocenters. The van der Waals surface area contributed by atoms with Crippen LogP contribution in [0.1, 0.15) is 37.8 Å². The van der Waals surface area contributed by atoms with Gasteiger partial charge in [0.15, 0.2) is 11.7 Å². The van der Waals surface area contributed by atoms with E-state index < -0.39 is 5.97 Å². The summed E-state index contributed by atoms with van der Waals surface area (Å²) in [6, 6.07) is 5.14. The van der Waals surface area contributed by atoms with Crippen LogP contribution in [0, 0.1) is 20.8 Å². The fourth-order valence-corrected chi connectivity index (χ4v) is 3.30. The van der Waals surface area contributed by atoms with E-state index in [4.69, 9.17) is 4.74 Å². The van der Waals surface area contributed by atoms with Gasteiger partial charge < -0.3 is 4.74 Å². The molecule has 3 rings (SSSR count). The Morgan fingerprint density at radius 2 is 2.00 bits per heavy atom. The van der Waals surface area contributed by atoms with E-state index in [-0.39, 0.29) is 12.4 Å². The number of Topliss-reactive ketones (excluding diaryl/α,β-unsaturated/α-hetero) is 1. The number of hydrogen-bond acceptors (Lipinski definition) is 6. The highest BCUT2D eigenvalue weighted by atomic mass is 32.1. The molecule has 0 radical (unpaired) electrons. The van der Waals surface area contributed by atoms with E-state index in [1.807, 2.05) is 30.7 Å². The maximum atomic E-state index is 12.5. The molecule has 0 unspecified atom stereocenters. The Morgan fingerprint density at radius 3 is 2.64 bits per heavy atom. The quantitative estimate of drug-likeness (QED) is 0.519. The van der Waals surface area contributed by atoms with Crippen molar-refractivity contribution < 1.29 is 14.3 Å².